The Kier molecular flexibility index (Phi) is 4.24. The van der Waals surface area contributed by atoms with E-state index in [-0.39, 0.29) is 5.69 Å². The SMILES string of the molecule is CCc1cc(CC(N)(C(=O)O)C(F)(F)F)n(CC)n1. The van der Waals surface area contributed by atoms with Crippen molar-refractivity contribution >= 4 is 5.97 Å². The van der Waals surface area contributed by atoms with Gasteiger partial charge in [-0.25, -0.2) is 4.79 Å². The van der Waals surface area contributed by atoms with Gasteiger partial charge in [0.05, 0.1) is 5.69 Å². The number of alkyl halides is 3. The predicted octanol–water partition coefficient (Wildman–Crippen LogP) is 1.35. The molecule has 0 spiro atoms. The predicted molar refractivity (Wildman–Crippen MR) is 61.6 cm³/mol. The van der Waals surface area contributed by atoms with Gasteiger partial charge in [0.1, 0.15) is 0 Å². The fourth-order valence-electron chi connectivity index (χ4n) is 1.69. The van der Waals surface area contributed by atoms with Gasteiger partial charge in [0.2, 0.25) is 5.54 Å². The molecule has 5 nitrogen and oxygen atoms in total. The van der Waals surface area contributed by atoms with E-state index in [1.807, 2.05) is 6.92 Å². The largest absolute Gasteiger partial charge is 0.480 e. The smallest absolute Gasteiger partial charge is 0.417 e. The minimum absolute atomic E-state index is 0.168. The Labute approximate surface area is 108 Å². The third kappa shape index (κ3) is 2.89. The molecule has 0 aliphatic heterocycles. The summed E-state index contributed by atoms with van der Waals surface area (Å²) in [5.41, 5.74) is 2.53. The first-order chi connectivity index (χ1) is 8.65. The standard InChI is InChI=1S/C11H16F3N3O2/c1-3-7-5-8(17(4-2)16-7)6-10(15,9(18)19)11(12,13)14/h5H,3-4,6,15H2,1-2H3,(H,18,19). The van der Waals surface area contributed by atoms with Gasteiger partial charge in [-0.2, -0.15) is 18.3 Å². The number of aryl methyl sites for hydroxylation is 2. The summed E-state index contributed by atoms with van der Waals surface area (Å²) in [5.74, 6) is -2.10. The topological polar surface area (TPSA) is 81.1 Å². The molecular formula is C11H16F3N3O2. The van der Waals surface area contributed by atoms with Crippen molar-refractivity contribution < 1.29 is 23.1 Å². The van der Waals surface area contributed by atoms with Gasteiger partial charge in [-0.1, -0.05) is 6.92 Å². The van der Waals surface area contributed by atoms with Crippen LogP contribution in [0, 0.1) is 0 Å². The second-order valence-corrected chi connectivity index (χ2v) is 4.25. The number of hydrogen-bond donors (Lipinski definition) is 2. The molecule has 0 saturated heterocycles. The first kappa shape index (κ1) is 15.5. The van der Waals surface area contributed by atoms with Crippen molar-refractivity contribution in [2.24, 2.45) is 5.73 Å². The number of halogens is 3. The molecule has 8 heteroatoms. The number of carboxylic acid groups (broad SMARTS) is 1. The summed E-state index contributed by atoms with van der Waals surface area (Å²) < 4.78 is 39.8. The van der Waals surface area contributed by atoms with Crippen molar-refractivity contribution in [2.45, 2.75) is 44.9 Å². The highest BCUT2D eigenvalue weighted by Crippen LogP contribution is 2.31. The molecule has 1 rings (SSSR count). The molecule has 1 aromatic heterocycles. The van der Waals surface area contributed by atoms with Crippen molar-refractivity contribution in [1.29, 1.82) is 0 Å². The average Bonchev–Trinajstić information content (AvgIpc) is 2.69. The van der Waals surface area contributed by atoms with Gasteiger partial charge in [-0.3, -0.25) is 4.68 Å². The van der Waals surface area contributed by atoms with Crippen LogP contribution in [0.2, 0.25) is 0 Å². The van der Waals surface area contributed by atoms with Crippen molar-refractivity contribution in [2.75, 3.05) is 0 Å². The second kappa shape index (κ2) is 5.20. The monoisotopic (exact) mass is 279 g/mol. The Morgan fingerprint density at radius 2 is 2.05 bits per heavy atom. The van der Waals surface area contributed by atoms with E-state index in [9.17, 15) is 18.0 Å². The zero-order chi connectivity index (χ0) is 14.8. The number of nitrogens with zero attached hydrogens (tertiary/aromatic N) is 2. The molecule has 0 fully saturated rings. The Hall–Kier alpha value is -1.57. The Bertz CT molecular complexity index is 470. The zero-order valence-corrected chi connectivity index (χ0v) is 10.7. The maximum atomic E-state index is 12.8. The fourth-order valence-corrected chi connectivity index (χ4v) is 1.69. The number of rotatable bonds is 5. The zero-order valence-electron chi connectivity index (χ0n) is 10.7. The van der Waals surface area contributed by atoms with Crippen LogP contribution in [-0.2, 0) is 24.2 Å². The third-order valence-electron chi connectivity index (χ3n) is 2.92. The van der Waals surface area contributed by atoms with Crippen LogP contribution in [-0.4, -0.2) is 32.6 Å². The van der Waals surface area contributed by atoms with Crippen molar-refractivity contribution in [1.82, 2.24) is 9.78 Å². The normalized spacial score (nSPS) is 15.3. The summed E-state index contributed by atoms with van der Waals surface area (Å²) in [6, 6.07) is 1.46. The summed E-state index contributed by atoms with van der Waals surface area (Å²) >= 11 is 0. The van der Waals surface area contributed by atoms with Gasteiger partial charge in [-0.15, -0.1) is 0 Å². The minimum atomic E-state index is -5.03. The molecule has 0 bridgehead atoms. The van der Waals surface area contributed by atoms with Gasteiger partial charge in [0, 0.05) is 18.7 Å². The van der Waals surface area contributed by atoms with Gasteiger partial charge < -0.3 is 10.8 Å². The molecule has 0 saturated carbocycles. The molecule has 1 atom stereocenters. The summed E-state index contributed by atoms with van der Waals surface area (Å²) in [6.07, 6.45) is -5.32. The van der Waals surface area contributed by atoms with Crippen molar-refractivity contribution in [3.05, 3.63) is 17.5 Å². The quantitative estimate of drug-likeness (QED) is 0.852. The van der Waals surface area contributed by atoms with Crippen LogP contribution in [0.25, 0.3) is 0 Å². The lowest BCUT2D eigenvalue weighted by Crippen LogP contribution is -2.61. The number of nitrogens with two attached hydrogens (primary N) is 1. The molecule has 19 heavy (non-hydrogen) atoms. The van der Waals surface area contributed by atoms with E-state index >= 15 is 0 Å². The van der Waals surface area contributed by atoms with E-state index in [0.717, 1.165) is 0 Å². The summed E-state index contributed by atoms with van der Waals surface area (Å²) in [5, 5.41) is 12.9. The van der Waals surface area contributed by atoms with E-state index in [1.165, 1.54) is 10.7 Å². The Morgan fingerprint density at radius 3 is 2.42 bits per heavy atom. The van der Waals surface area contributed by atoms with E-state index in [2.05, 4.69) is 5.10 Å². The third-order valence-corrected chi connectivity index (χ3v) is 2.92. The Balaban J connectivity index is 3.17. The van der Waals surface area contributed by atoms with Gasteiger partial charge in [0.15, 0.2) is 0 Å². The first-order valence-corrected chi connectivity index (χ1v) is 5.80. The lowest BCUT2D eigenvalue weighted by atomic mass is 9.93. The lowest BCUT2D eigenvalue weighted by molar-refractivity contribution is -0.201. The number of aromatic nitrogens is 2. The lowest BCUT2D eigenvalue weighted by Gasteiger charge is -2.27. The molecule has 108 valence electrons. The average molecular weight is 279 g/mol. The molecule has 1 unspecified atom stereocenters. The van der Waals surface area contributed by atoms with E-state index < -0.39 is 24.1 Å². The highest BCUT2D eigenvalue weighted by molar-refractivity contribution is 5.80. The summed E-state index contributed by atoms with van der Waals surface area (Å²) in [4.78, 5) is 10.9. The van der Waals surface area contributed by atoms with E-state index in [0.29, 0.717) is 18.7 Å². The number of carbonyl (C=O) groups is 1. The molecule has 0 aliphatic rings. The molecule has 0 radical (unpaired) electrons. The number of carboxylic acids is 1. The molecule has 1 aromatic rings. The van der Waals surface area contributed by atoms with Crippen LogP contribution < -0.4 is 5.73 Å². The number of hydrogen-bond acceptors (Lipinski definition) is 3. The van der Waals surface area contributed by atoms with Gasteiger partial charge in [0.25, 0.3) is 0 Å². The first-order valence-electron chi connectivity index (χ1n) is 5.80. The molecule has 0 aliphatic carbocycles. The molecule has 1 heterocycles. The van der Waals surface area contributed by atoms with Crippen LogP contribution in [0.15, 0.2) is 6.07 Å². The molecule has 3 N–H and O–H groups in total. The van der Waals surface area contributed by atoms with Crippen molar-refractivity contribution in [3.8, 4) is 0 Å². The highest BCUT2D eigenvalue weighted by Gasteiger charge is 2.58. The van der Waals surface area contributed by atoms with E-state index in [4.69, 9.17) is 10.8 Å². The summed E-state index contributed by atoms with van der Waals surface area (Å²) in [6.45, 7) is 3.87. The minimum Gasteiger partial charge on any atom is -0.480 e. The van der Waals surface area contributed by atoms with Gasteiger partial charge in [-0.05, 0) is 19.4 Å². The van der Waals surface area contributed by atoms with Crippen molar-refractivity contribution in [3.63, 3.8) is 0 Å². The van der Waals surface area contributed by atoms with Gasteiger partial charge >= 0.3 is 12.1 Å². The Morgan fingerprint density at radius 1 is 1.47 bits per heavy atom. The second-order valence-electron chi connectivity index (χ2n) is 4.25. The molecular weight excluding hydrogens is 263 g/mol. The van der Waals surface area contributed by atoms with Crippen LogP contribution in [0.5, 0.6) is 0 Å². The van der Waals surface area contributed by atoms with Crippen LogP contribution >= 0.6 is 0 Å². The fraction of sp³-hybridized carbons (Fsp3) is 0.636. The van der Waals surface area contributed by atoms with Crippen LogP contribution in [0.4, 0.5) is 13.2 Å². The van der Waals surface area contributed by atoms with Crippen LogP contribution in [0.1, 0.15) is 25.2 Å². The maximum Gasteiger partial charge on any atom is 0.417 e. The van der Waals surface area contributed by atoms with E-state index in [1.54, 1.807) is 6.92 Å². The highest BCUT2D eigenvalue weighted by atomic mass is 19.4. The molecule has 0 amide bonds. The molecule has 0 aromatic carbocycles. The number of aliphatic carboxylic acids is 1. The maximum absolute atomic E-state index is 12.8. The summed E-state index contributed by atoms with van der Waals surface area (Å²) in [7, 11) is 0. The van der Waals surface area contributed by atoms with Crippen LogP contribution in [0.3, 0.4) is 0 Å².